The van der Waals surface area contributed by atoms with Crippen LogP contribution in [0.2, 0.25) is 0 Å². The fourth-order valence-corrected chi connectivity index (χ4v) is 2.17. The molecular formula is C16H14N4O2. The van der Waals surface area contributed by atoms with E-state index in [9.17, 15) is 9.59 Å². The van der Waals surface area contributed by atoms with Gasteiger partial charge in [-0.3, -0.25) is 19.1 Å². The number of hydrogen-bond donors (Lipinski definition) is 1. The minimum atomic E-state index is -0.676. The first kappa shape index (κ1) is 13.9. The van der Waals surface area contributed by atoms with Crippen molar-refractivity contribution >= 4 is 22.5 Å². The lowest BCUT2D eigenvalue weighted by Crippen LogP contribution is -2.31. The molecule has 0 saturated heterocycles. The zero-order chi connectivity index (χ0) is 15.5. The molecule has 0 aliphatic rings. The van der Waals surface area contributed by atoms with Crippen LogP contribution in [0.25, 0.3) is 10.9 Å². The van der Waals surface area contributed by atoms with Gasteiger partial charge in [0.15, 0.2) is 0 Å². The monoisotopic (exact) mass is 294 g/mol. The summed E-state index contributed by atoms with van der Waals surface area (Å²) in [5.74, 6) is -0.299. The van der Waals surface area contributed by atoms with Crippen LogP contribution in [0.1, 0.15) is 13.0 Å². The number of carbonyl (C=O) groups excluding carboxylic acids is 1. The smallest absolute Gasteiger partial charge is 0.261 e. The molecule has 0 aliphatic carbocycles. The van der Waals surface area contributed by atoms with Crippen molar-refractivity contribution in [1.29, 1.82) is 0 Å². The van der Waals surface area contributed by atoms with Crippen molar-refractivity contribution in [2.45, 2.75) is 13.0 Å². The summed E-state index contributed by atoms with van der Waals surface area (Å²) in [6.07, 6.45) is 4.57. The summed E-state index contributed by atoms with van der Waals surface area (Å²) >= 11 is 0. The number of anilines is 1. The highest BCUT2D eigenvalue weighted by atomic mass is 16.2. The predicted molar refractivity (Wildman–Crippen MR) is 83.6 cm³/mol. The summed E-state index contributed by atoms with van der Waals surface area (Å²) in [5.41, 5.74) is 0.962. The third kappa shape index (κ3) is 2.58. The molecule has 0 saturated carbocycles. The third-order valence-corrected chi connectivity index (χ3v) is 3.42. The zero-order valence-corrected chi connectivity index (χ0v) is 11.9. The summed E-state index contributed by atoms with van der Waals surface area (Å²) in [7, 11) is 0. The van der Waals surface area contributed by atoms with Crippen molar-refractivity contribution in [2.24, 2.45) is 0 Å². The summed E-state index contributed by atoms with van der Waals surface area (Å²) in [6, 6.07) is 9.84. The number of hydrogen-bond acceptors (Lipinski definition) is 4. The second-order valence-corrected chi connectivity index (χ2v) is 4.88. The van der Waals surface area contributed by atoms with Crippen LogP contribution < -0.4 is 10.9 Å². The maximum absolute atomic E-state index is 12.5. The van der Waals surface area contributed by atoms with Crippen LogP contribution >= 0.6 is 0 Å². The first-order valence-electron chi connectivity index (χ1n) is 6.83. The molecule has 0 fully saturated rings. The van der Waals surface area contributed by atoms with Gasteiger partial charge >= 0.3 is 0 Å². The number of fused-ring (bicyclic) bond motifs is 1. The number of aromatic nitrogens is 3. The highest BCUT2D eigenvalue weighted by molar-refractivity contribution is 5.93. The molecule has 0 aliphatic heterocycles. The second-order valence-electron chi connectivity index (χ2n) is 4.88. The van der Waals surface area contributed by atoms with Crippen LogP contribution in [0.15, 0.2) is 59.9 Å². The lowest BCUT2D eigenvalue weighted by Gasteiger charge is -2.15. The maximum atomic E-state index is 12.5. The molecule has 1 N–H and O–H groups in total. The Morgan fingerprint density at radius 3 is 2.82 bits per heavy atom. The molecule has 2 aromatic heterocycles. The molecule has 2 heterocycles. The normalized spacial score (nSPS) is 12.0. The average molecular weight is 294 g/mol. The van der Waals surface area contributed by atoms with Gasteiger partial charge in [0.2, 0.25) is 5.91 Å². The van der Waals surface area contributed by atoms with E-state index in [-0.39, 0.29) is 11.5 Å². The number of pyridine rings is 1. The third-order valence-electron chi connectivity index (χ3n) is 3.42. The molecule has 1 amide bonds. The molecular weight excluding hydrogens is 280 g/mol. The first-order chi connectivity index (χ1) is 10.7. The standard InChI is InChI=1S/C16H14N4O2/c1-11(15(21)19-12-5-4-8-17-9-12)20-10-18-14-7-3-2-6-13(14)16(20)22/h2-11H,1H3,(H,19,21). The van der Waals surface area contributed by atoms with Gasteiger partial charge in [-0.25, -0.2) is 4.98 Å². The highest BCUT2D eigenvalue weighted by Crippen LogP contribution is 2.11. The molecule has 6 heteroatoms. The van der Waals surface area contributed by atoms with Crippen molar-refractivity contribution in [3.8, 4) is 0 Å². The predicted octanol–water partition coefficient (Wildman–Crippen LogP) is 1.99. The van der Waals surface area contributed by atoms with E-state index >= 15 is 0 Å². The Morgan fingerprint density at radius 1 is 1.23 bits per heavy atom. The Hall–Kier alpha value is -3.02. The van der Waals surface area contributed by atoms with Crippen LogP contribution in [-0.2, 0) is 4.79 Å². The maximum Gasteiger partial charge on any atom is 0.261 e. The van der Waals surface area contributed by atoms with E-state index < -0.39 is 6.04 Å². The minimum absolute atomic E-state index is 0.237. The van der Waals surface area contributed by atoms with Crippen molar-refractivity contribution in [1.82, 2.24) is 14.5 Å². The number of para-hydroxylation sites is 1. The van der Waals surface area contributed by atoms with Crippen molar-refractivity contribution < 1.29 is 4.79 Å². The van der Waals surface area contributed by atoms with Crippen LogP contribution in [0, 0.1) is 0 Å². The Labute approximate surface area is 126 Å². The van der Waals surface area contributed by atoms with Gasteiger partial charge in [0.1, 0.15) is 6.04 Å². The molecule has 22 heavy (non-hydrogen) atoms. The summed E-state index contributed by atoms with van der Waals surface area (Å²) in [4.78, 5) is 32.9. The first-order valence-corrected chi connectivity index (χ1v) is 6.83. The number of nitrogens with one attached hydrogen (secondary N) is 1. The fraction of sp³-hybridized carbons (Fsp3) is 0.125. The van der Waals surface area contributed by atoms with Crippen molar-refractivity contribution in [2.75, 3.05) is 5.32 Å². The Kier molecular flexibility index (Phi) is 3.65. The topological polar surface area (TPSA) is 76.9 Å². The van der Waals surface area contributed by atoms with E-state index in [0.29, 0.717) is 16.6 Å². The lowest BCUT2D eigenvalue weighted by atomic mass is 10.2. The van der Waals surface area contributed by atoms with Crippen LogP contribution in [0.5, 0.6) is 0 Å². The van der Waals surface area contributed by atoms with Gasteiger partial charge in [0.05, 0.1) is 29.1 Å². The number of amides is 1. The van der Waals surface area contributed by atoms with Crippen LogP contribution in [0.3, 0.4) is 0 Å². The van der Waals surface area contributed by atoms with Gasteiger partial charge in [0.25, 0.3) is 5.56 Å². The SMILES string of the molecule is CC(C(=O)Nc1cccnc1)n1cnc2ccccc2c1=O. The summed E-state index contributed by atoms with van der Waals surface area (Å²) in [6.45, 7) is 1.66. The minimum Gasteiger partial charge on any atom is -0.323 e. The van der Waals surface area contributed by atoms with Crippen molar-refractivity contribution in [3.05, 3.63) is 65.5 Å². The van der Waals surface area contributed by atoms with Gasteiger partial charge < -0.3 is 5.32 Å². The van der Waals surface area contributed by atoms with Gasteiger partial charge in [0, 0.05) is 6.20 Å². The van der Waals surface area contributed by atoms with Gasteiger partial charge in [-0.2, -0.15) is 0 Å². The molecule has 110 valence electrons. The summed E-state index contributed by atoms with van der Waals surface area (Å²) in [5, 5.41) is 3.22. The summed E-state index contributed by atoms with van der Waals surface area (Å²) < 4.78 is 1.33. The average Bonchev–Trinajstić information content (AvgIpc) is 2.56. The van der Waals surface area contributed by atoms with Crippen LogP contribution in [-0.4, -0.2) is 20.4 Å². The molecule has 3 rings (SSSR count). The van der Waals surface area contributed by atoms with E-state index in [2.05, 4.69) is 15.3 Å². The van der Waals surface area contributed by atoms with Gasteiger partial charge in [-0.1, -0.05) is 12.1 Å². The fourth-order valence-electron chi connectivity index (χ4n) is 2.17. The highest BCUT2D eigenvalue weighted by Gasteiger charge is 2.17. The molecule has 3 aromatic rings. The van der Waals surface area contributed by atoms with Crippen LogP contribution in [0.4, 0.5) is 5.69 Å². The van der Waals surface area contributed by atoms with E-state index in [4.69, 9.17) is 0 Å². The second kappa shape index (κ2) is 5.77. The molecule has 1 aromatic carbocycles. The Balaban J connectivity index is 1.92. The molecule has 0 spiro atoms. The van der Waals surface area contributed by atoms with E-state index in [0.717, 1.165) is 0 Å². The quantitative estimate of drug-likeness (QED) is 0.801. The molecule has 1 atom stereocenters. The molecule has 6 nitrogen and oxygen atoms in total. The molecule has 0 radical (unpaired) electrons. The van der Waals surface area contributed by atoms with Gasteiger partial charge in [-0.15, -0.1) is 0 Å². The largest absolute Gasteiger partial charge is 0.323 e. The molecule has 0 bridgehead atoms. The number of benzene rings is 1. The number of rotatable bonds is 3. The molecule has 1 unspecified atom stereocenters. The Bertz CT molecular complexity index is 874. The van der Waals surface area contributed by atoms with E-state index in [1.54, 1.807) is 49.6 Å². The number of nitrogens with zero attached hydrogens (tertiary/aromatic N) is 3. The Morgan fingerprint density at radius 2 is 2.05 bits per heavy atom. The van der Waals surface area contributed by atoms with E-state index in [1.807, 2.05) is 6.07 Å². The van der Waals surface area contributed by atoms with E-state index in [1.165, 1.54) is 10.9 Å². The van der Waals surface area contributed by atoms with Gasteiger partial charge in [-0.05, 0) is 31.2 Å². The van der Waals surface area contributed by atoms with Crippen molar-refractivity contribution in [3.63, 3.8) is 0 Å². The zero-order valence-electron chi connectivity index (χ0n) is 11.9. The number of carbonyl (C=O) groups is 1. The lowest BCUT2D eigenvalue weighted by molar-refractivity contribution is -0.118.